The van der Waals surface area contributed by atoms with Crippen molar-refractivity contribution in [3.63, 3.8) is 0 Å². The van der Waals surface area contributed by atoms with Crippen LogP contribution in [0.4, 0.5) is 4.79 Å². The van der Waals surface area contributed by atoms with E-state index >= 15 is 0 Å². The summed E-state index contributed by atoms with van der Waals surface area (Å²) in [6.45, 7) is 1.70. The summed E-state index contributed by atoms with van der Waals surface area (Å²) in [6, 6.07) is 8.72. The number of rotatable bonds is 5. The fourth-order valence-corrected chi connectivity index (χ4v) is 2.23. The molecule has 19 heavy (non-hydrogen) atoms. The van der Waals surface area contributed by atoms with Crippen molar-refractivity contribution in [2.75, 3.05) is 12.8 Å². The number of aliphatic hydroxyl groups excluding tert-OH is 1. The molecule has 1 aromatic carbocycles. The maximum absolute atomic E-state index is 11.6. The predicted molar refractivity (Wildman–Crippen MR) is 75.9 cm³/mol. The van der Waals surface area contributed by atoms with Gasteiger partial charge in [0.25, 0.3) is 0 Å². The Hall–Kier alpha value is -1.53. The van der Waals surface area contributed by atoms with Crippen molar-refractivity contribution in [2.24, 2.45) is 0 Å². The number of amides is 3. The highest BCUT2D eigenvalue weighted by Crippen LogP contribution is 2.21. The molecule has 0 bridgehead atoms. The number of urea groups is 1. The summed E-state index contributed by atoms with van der Waals surface area (Å²) in [5.74, 6) is 0.0245. The smallest absolute Gasteiger partial charge is 0.321 e. The van der Waals surface area contributed by atoms with E-state index in [0.717, 1.165) is 5.56 Å². The monoisotopic (exact) mass is 282 g/mol. The highest BCUT2D eigenvalue weighted by Gasteiger charge is 2.17. The number of aliphatic hydroxyl groups is 1. The van der Waals surface area contributed by atoms with Gasteiger partial charge in [-0.2, -0.15) is 0 Å². The van der Waals surface area contributed by atoms with Gasteiger partial charge < -0.3 is 10.4 Å². The zero-order chi connectivity index (χ0) is 14.3. The topological polar surface area (TPSA) is 78.4 Å². The van der Waals surface area contributed by atoms with Gasteiger partial charge >= 0.3 is 6.03 Å². The molecule has 0 spiro atoms. The molecule has 3 amide bonds. The Morgan fingerprint density at radius 1 is 1.32 bits per heavy atom. The molecule has 0 unspecified atom stereocenters. The third-order valence-corrected chi connectivity index (χ3v) is 3.74. The number of imide groups is 1. The lowest BCUT2D eigenvalue weighted by Crippen LogP contribution is -2.41. The first-order chi connectivity index (χ1) is 9.04. The third kappa shape index (κ3) is 5.32. The van der Waals surface area contributed by atoms with Gasteiger partial charge in [-0.15, -0.1) is 11.8 Å². The molecule has 0 radical (unpaired) electrons. The van der Waals surface area contributed by atoms with Crippen molar-refractivity contribution < 1.29 is 14.7 Å². The minimum atomic E-state index is -0.624. The van der Waals surface area contributed by atoms with Crippen LogP contribution in [-0.4, -0.2) is 35.1 Å². The lowest BCUT2D eigenvalue weighted by Gasteiger charge is -2.14. The summed E-state index contributed by atoms with van der Waals surface area (Å²) in [4.78, 5) is 22.6. The van der Waals surface area contributed by atoms with Gasteiger partial charge in [0.05, 0.1) is 11.4 Å². The normalized spacial score (nSPS) is 13.4. The molecule has 0 saturated heterocycles. The molecule has 0 aliphatic heterocycles. The molecular weight excluding hydrogens is 264 g/mol. The minimum Gasteiger partial charge on any atom is -0.388 e. The number of hydrogen-bond acceptors (Lipinski definition) is 4. The molecule has 3 N–H and O–H groups in total. The third-order valence-electron chi connectivity index (χ3n) is 2.52. The van der Waals surface area contributed by atoms with E-state index < -0.39 is 17.4 Å². The van der Waals surface area contributed by atoms with E-state index in [0.29, 0.717) is 5.75 Å². The van der Waals surface area contributed by atoms with Gasteiger partial charge in [-0.25, -0.2) is 4.79 Å². The lowest BCUT2D eigenvalue weighted by atomic mass is 10.1. The number of thioether (sulfide) groups is 1. The summed E-state index contributed by atoms with van der Waals surface area (Å²) in [6.07, 6.45) is -0.624. The zero-order valence-corrected chi connectivity index (χ0v) is 11.7. The highest BCUT2D eigenvalue weighted by molar-refractivity contribution is 8.00. The van der Waals surface area contributed by atoms with E-state index in [1.54, 1.807) is 6.92 Å². The largest absolute Gasteiger partial charge is 0.388 e. The summed E-state index contributed by atoms with van der Waals surface area (Å²) in [5.41, 5.74) is 0.814. The zero-order valence-electron chi connectivity index (χ0n) is 10.9. The molecule has 1 aromatic rings. The average Bonchev–Trinajstić information content (AvgIpc) is 2.44. The summed E-state index contributed by atoms with van der Waals surface area (Å²) in [5, 5.41) is 14.1. The Morgan fingerprint density at radius 2 is 1.95 bits per heavy atom. The van der Waals surface area contributed by atoms with Crippen molar-refractivity contribution in [3.8, 4) is 0 Å². The van der Waals surface area contributed by atoms with E-state index in [1.165, 1.54) is 18.8 Å². The van der Waals surface area contributed by atoms with Crippen molar-refractivity contribution in [1.82, 2.24) is 10.6 Å². The van der Waals surface area contributed by atoms with E-state index in [1.807, 2.05) is 30.3 Å². The van der Waals surface area contributed by atoms with Gasteiger partial charge in [0.1, 0.15) is 0 Å². The second-order valence-electron chi connectivity index (χ2n) is 3.97. The first kappa shape index (κ1) is 15.5. The van der Waals surface area contributed by atoms with Crippen molar-refractivity contribution in [3.05, 3.63) is 35.9 Å². The average molecular weight is 282 g/mol. The SMILES string of the molecule is CNC(=O)NC(=O)[C@@H](C)SC[C@@H](O)c1ccccc1. The van der Waals surface area contributed by atoms with Crippen molar-refractivity contribution >= 4 is 23.7 Å². The van der Waals surface area contributed by atoms with Crippen LogP contribution in [0.1, 0.15) is 18.6 Å². The van der Waals surface area contributed by atoms with Gasteiger partial charge in [0.15, 0.2) is 0 Å². The number of benzene rings is 1. The van der Waals surface area contributed by atoms with Gasteiger partial charge in [0, 0.05) is 12.8 Å². The Bertz CT molecular complexity index is 425. The molecular formula is C13H18N2O3S. The number of nitrogens with one attached hydrogen (secondary N) is 2. The number of carbonyl (C=O) groups is 2. The van der Waals surface area contributed by atoms with Crippen molar-refractivity contribution in [2.45, 2.75) is 18.3 Å². The van der Waals surface area contributed by atoms with Crippen LogP contribution in [0.25, 0.3) is 0 Å². The Kier molecular flexibility index (Phi) is 6.38. The molecule has 104 valence electrons. The highest BCUT2D eigenvalue weighted by atomic mass is 32.2. The molecule has 0 fully saturated rings. The quantitative estimate of drug-likeness (QED) is 0.760. The van der Waals surface area contributed by atoms with Gasteiger partial charge in [0.2, 0.25) is 5.91 Å². The molecule has 0 aromatic heterocycles. The van der Waals surface area contributed by atoms with Crippen LogP contribution in [0.15, 0.2) is 30.3 Å². The molecule has 2 atom stereocenters. The van der Waals surface area contributed by atoms with Crippen molar-refractivity contribution in [1.29, 1.82) is 0 Å². The molecule has 0 aliphatic rings. The Labute approximate surface area is 116 Å². The molecule has 1 rings (SSSR count). The van der Waals surface area contributed by atoms with Crippen LogP contribution < -0.4 is 10.6 Å². The molecule has 0 heterocycles. The Morgan fingerprint density at radius 3 is 2.53 bits per heavy atom. The number of hydrogen-bond donors (Lipinski definition) is 3. The fraction of sp³-hybridized carbons (Fsp3) is 0.385. The van der Waals surface area contributed by atoms with E-state index in [-0.39, 0.29) is 5.91 Å². The molecule has 0 saturated carbocycles. The summed E-state index contributed by atoms with van der Waals surface area (Å²) >= 11 is 1.30. The summed E-state index contributed by atoms with van der Waals surface area (Å²) in [7, 11) is 1.44. The van der Waals surface area contributed by atoms with Gasteiger partial charge in [-0.1, -0.05) is 30.3 Å². The molecule has 0 aliphatic carbocycles. The van der Waals surface area contributed by atoms with Crippen LogP contribution in [0, 0.1) is 0 Å². The van der Waals surface area contributed by atoms with E-state index in [4.69, 9.17) is 0 Å². The van der Waals surface area contributed by atoms with E-state index in [9.17, 15) is 14.7 Å². The standard InChI is InChI=1S/C13H18N2O3S/c1-9(12(17)15-13(18)14-2)19-8-11(16)10-6-4-3-5-7-10/h3-7,9,11,16H,8H2,1-2H3,(H2,14,15,17,18)/t9-,11-/m1/s1. The van der Waals surface area contributed by atoms with Crippen LogP contribution in [0.2, 0.25) is 0 Å². The second kappa shape index (κ2) is 7.81. The van der Waals surface area contributed by atoms with Gasteiger partial charge in [-0.05, 0) is 12.5 Å². The Balaban J connectivity index is 2.39. The molecule has 5 nitrogen and oxygen atoms in total. The van der Waals surface area contributed by atoms with E-state index in [2.05, 4.69) is 10.6 Å². The minimum absolute atomic E-state index is 0.371. The first-order valence-corrected chi connectivity index (χ1v) is 6.96. The van der Waals surface area contributed by atoms with Crippen LogP contribution in [0.5, 0.6) is 0 Å². The maximum atomic E-state index is 11.6. The van der Waals surface area contributed by atoms with Crippen LogP contribution >= 0.6 is 11.8 Å². The fourth-order valence-electron chi connectivity index (χ4n) is 1.36. The van der Waals surface area contributed by atoms with Crippen LogP contribution in [0.3, 0.4) is 0 Å². The second-order valence-corrected chi connectivity index (χ2v) is 5.34. The summed E-state index contributed by atoms with van der Waals surface area (Å²) < 4.78 is 0. The first-order valence-electron chi connectivity index (χ1n) is 5.91. The van der Waals surface area contributed by atoms with Gasteiger partial charge in [-0.3, -0.25) is 10.1 Å². The van der Waals surface area contributed by atoms with Crippen LogP contribution in [-0.2, 0) is 4.79 Å². The molecule has 6 heteroatoms. The maximum Gasteiger partial charge on any atom is 0.321 e. The number of carbonyl (C=O) groups excluding carboxylic acids is 2. The predicted octanol–water partition coefficient (Wildman–Crippen LogP) is 1.30. The lowest BCUT2D eigenvalue weighted by molar-refractivity contribution is -0.119.